The summed E-state index contributed by atoms with van der Waals surface area (Å²) in [4.78, 5) is 33.6. The fourth-order valence-electron chi connectivity index (χ4n) is 1.85. The first-order valence-electron chi connectivity index (χ1n) is 6.99. The van der Waals surface area contributed by atoms with Crippen molar-refractivity contribution in [3.63, 3.8) is 0 Å². The Balaban J connectivity index is 1.87. The molecule has 0 fully saturated rings. The summed E-state index contributed by atoms with van der Waals surface area (Å²) in [6.45, 7) is -0.417. The molecule has 0 aliphatic rings. The number of benzene rings is 2. The summed E-state index contributed by atoms with van der Waals surface area (Å²) in [7, 11) is 0. The number of nitrogens with zero attached hydrogens (tertiary/aromatic N) is 1. The smallest absolute Gasteiger partial charge is 0.338 e. The van der Waals surface area contributed by atoms with Gasteiger partial charge in [-0.15, -0.1) is 0 Å². The molecule has 0 aliphatic carbocycles. The molecule has 7 nitrogen and oxygen atoms in total. The summed E-state index contributed by atoms with van der Waals surface area (Å²) in [5.41, 5.74) is 0.147. The second-order valence-corrected chi connectivity index (χ2v) is 5.31. The van der Waals surface area contributed by atoms with Crippen LogP contribution in [0.15, 0.2) is 42.5 Å². The number of rotatable bonds is 6. The molecule has 2 rings (SSSR count). The third-order valence-corrected chi connectivity index (χ3v) is 3.44. The predicted octanol–water partition coefficient (Wildman–Crippen LogP) is 2.86. The average molecular weight is 367 g/mol. The molecule has 2 aromatic carbocycles. The summed E-state index contributed by atoms with van der Waals surface area (Å²) in [6.07, 6.45) is 0. The van der Waals surface area contributed by atoms with E-state index in [1.165, 1.54) is 36.4 Å². The Hall–Kier alpha value is -3.00. The van der Waals surface area contributed by atoms with Crippen LogP contribution in [-0.4, -0.2) is 23.4 Å². The van der Waals surface area contributed by atoms with Crippen LogP contribution >= 0.6 is 11.6 Å². The molecule has 0 radical (unpaired) electrons. The summed E-state index contributed by atoms with van der Waals surface area (Å²) in [5, 5.41) is 13.2. The molecular weight excluding hydrogens is 355 g/mol. The van der Waals surface area contributed by atoms with Crippen LogP contribution in [0.1, 0.15) is 15.9 Å². The van der Waals surface area contributed by atoms with Crippen LogP contribution in [0.5, 0.6) is 0 Å². The van der Waals surface area contributed by atoms with E-state index in [4.69, 9.17) is 16.3 Å². The van der Waals surface area contributed by atoms with Crippen LogP contribution in [0.4, 0.5) is 10.1 Å². The van der Waals surface area contributed by atoms with Gasteiger partial charge in [-0.05, 0) is 29.8 Å². The molecule has 0 bridgehead atoms. The molecule has 2 aromatic rings. The number of hydrogen-bond donors (Lipinski definition) is 1. The summed E-state index contributed by atoms with van der Waals surface area (Å²) in [6, 6.07) is 8.97. The van der Waals surface area contributed by atoms with Crippen LogP contribution in [0.25, 0.3) is 0 Å². The quantitative estimate of drug-likeness (QED) is 0.481. The fraction of sp³-hybridized carbons (Fsp3) is 0.125. The minimum absolute atomic E-state index is 0.0950. The predicted molar refractivity (Wildman–Crippen MR) is 86.6 cm³/mol. The van der Waals surface area contributed by atoms with Gasteiger partial charge in [0.05, 0.1) is 10.5 Å². The van der Waals surface area contributed by atoms with E-state index in [9.17, 15) is 24.1 Å². The molecule has 0 unspecified atom stereocenters. The van der Waals surface area contributed by atoms with Crippen molar-refractivity contribution < 1.29 is 23.6 Å². The van der Waals surface area contributed by atoms with Crippen LogP contribution in [-0.2, 0) is 16.1 Å². The van der Waals surface area contributed by atoms with Gasteiger partial charge in [-0.1, -0.05) is 23.7 Å². The van der Waals surface area contributed by atoms with Gasteiger partial charge in [0.1, 0.15) is 10.8 Å². The van der Waals surface area contributed by atoms with Crippen LogP contribution in [0.3, 0.4) is 0 Å². The number of carbonyl (C=O) groups is 2. The highest BCUT2D eigenvalue weighted by Crippen LogP contribution is 2.25. The maximum absolute atomic E-state index is 12.8. The zero-order valence-corrected chi connectivity index (χ0v) is 13.5. The monoisotopic (exact) mass is 366 g/mol. The van der Waals surface area contributed by atoms with Gasteiger partial charge in [0, 0.05) is 12.6 Å². The lowest BCUT2D eigenvalue weighted by Crippen LogP contribution is -2.28. The Morgan fingerprint density at radius 3 is 2.52 bits per heavy atom. The number of esters is 1. The molecule has 0 spiro atoms. The number of amides is 1. The van der Waals surface area contributed by atoms with Gasteiger partial charge in [0.25, 0.3) is 11.6 Å². The maximum Gasteiger partial charge on any atom is 0.338 e. The summed E-state index contributed by atoms with van der Waals surface area (Å²) < 4.78 is 17.6. The van der Waals surface area contributed by atoms with Gasteiger partial charge < -0.3 is 10.1 Å². The first-order valence-corrected chi connectivity index (χ1v) is 7.37. The Labute approximate surface area is 146 Å². The Morgan fingerprint density at radius 1 is 1.20 bits per heavy atom. The summed E-state index contributed by atoms with van der Waals surface area (Å²) in [5.74, 6) is -1.85. The molecule has 130 valence electrons. The van der Waals surface area contributed by atoms with Crippen molar-refractivity contribution in [2.75, 3.05) is 6.61 Å². The molecule has 1 amide bonds. The van der Waals surface area contributed by atoms with E-state index in [1.807, 2.05) is 0 Å². The maximum atomic E-state index is 12.8. The molecule has 0 saturated carbocycles. The number of halogens is 2. The SMILES string of the molecule is O=C(COC(=O)c1ccc(Cl)c([N+](=O)[O-])c1)NCc1ccc(F)cc1. The lowest BCUT2D eigenvalue weighted by molar-refractivity contribution is -0.384. The summed E-state index contributed by atoms with van der Waals surface area (Å²) >= 11 is 5.65. The van der Waals surface area contributed by atoms with Crippen molar-refractivity contribution in [2.45, 2.75) is 6.54 Å². The molecule has 0 saturated heterocycles. The first kappa shape index (κ1) is 18.3. The standard InChI is InChI=1S/C16H12ClFN2O5/c17-13-6-3-11(7-14(13)20(23)24)16(22)25-9-15(21)19-8-10-1-4-12(18)5-2-10/h1-7H,8-9H2,(H,19,21). The van der Waals surface area contributed by atoms with Gasteiger partial charge >= 0.3 is 5.97 Å². The lowest BCUT2D eigenvalue weighted by Gasteiger charge is -2.07. The second kappa shape index (κ2) is 8.20. The van der Waals surface area contributed by atoms with E-state index in [2.05, 4.69) is 5.32 Å². The third kappa shape index (κ3) is 5.25. The van der Waals surface area contributed by atoms with Gasteiger partial charge in [0.2, 0.25) is 0 Å². The second-order valence-electron chi connectivity index (χ2n) is 4.90. The number of ether oxygens (including phenoxy) is 1. The average Bonchev–Trinajstić information content (AvgIpc) is 2.59. The first-order chi connectivity index (χ1) is 11.9. The van der Waals surface area contributed by atoms with Crippen molar-refractivity contribution in [1.29, 1.82) is 0 Å². The highest BCUT2D eigenvalue weighted by molar-refractivity contribution is 6.32. The van der Waals surface area contributed by atoms with Crippen LogP contribution < -0.4 is 5.32 Å². The minimum atomic E-state index is -0.892. The molecule has 9 heteroatoms. The third-order valence-electron chi connectivity index (χ3n) is 3.12. The number of hydrogen-bond acceptors (Lipinski definition) is 5. The van der Waals surface area contributed by atoms with Crippen molar-refractivity contribution >= 4 is 29.2 Å². The number of nitrogens with one attached hydrogen (secondary N) is 1. The topological polar surface area (TPSA) is 98.5 Å². The molecule has 0 atom stereocenters. The van der Waals surface area contributed by atoms with E-state index >= 15 is 0 Å². The molecule has 1 N–H and O–H groups in total. The largest absolute Gasteiger partial charge is 0.452 e. The number of nitro groups is 1. The Kier molecular flexibility index (Phi) is 6.02. The van der Waals surface area contributed by atoms with E-state index in [-0.39, 0.29) is 22.9 Å². The van der Waals surface area contributed by atoms with E-state index in [0.29, 0.717) is 5.56 Å². The highest BCUT2D eigenvalue weighted by atomic mass is 35.5. The van der Waals surface area contributed by atoms with E-state index in [0.717, 1.165) is 6.07 Å². The molecule has 0 aliphatic heterocycles. The van der Waals surface area contributed by atoms with Crippen LogP contribution in [0, 0.1) is 15.9 Å². The van der Waals surface area contributed by atoms with E-state index in [1.54, 1.807) is 0 Å². The highest BCUT2D eigenvalue weighted by Gasteiger charge is 2.17. The molecule has 0 heterocycles. The fourth-order valence-corrected chi connectivity index (χ4v) is 2.03. The normalized spacial score (nSPS) is 10.2. The zero-order valence-electron chi connectivity index (χ0n) is 12.7. The molecule has 0 aromatic heterocycles. The molecule has 25 heavy (non-hydrogen) atoms. The van der Waals surface area contributed by atoms with Crippen molar-refractivity contribution in [3.8, 4) is 0 Å². The Morgan fingerprint density at radius 2 is 1.88 bits per heavy atom. The van der Waals surface area contributed by atoms with Gasteiger partial charge in [-0.2, -0.15) is 0 Å². The Bertz CT molecular complexity index is 811. The molecular formula is C16H12ClFN2O5. The zero-order chi connectivity index (χ0) is 18.4. The van der Waals surface area contributed by atoms with Crippen molar-refractivity contribution in [3.05, 3.63) is 74.5 Å². The number of nitro benzene ring substituents is 1. The van der Waals surface area contributed by atoms with Crippen molar-refractivity contribution in [1.82, 2.24) is 5.32 Å². The van der Waals surface area contributed by atoms with Crippen molar-refractivity contribution in [2.24, 2.45) is 0 Å². The lowest BCUT2D eigenvalue weighted by atomic mass is 10.2. The van der Waals surface area contributed by atoms with Gasteiger partial charge in [-0.25, -0.2) is 9.18 Å². The van der Waals surface area contributed by atoms with E-state index < -0.39 is 29.1 Å². The van der Waals surface area contributed by atoms with Crippen LogP contribution in [0.2, 0.25) is 5.02 Å². The minimum Gasteiger partial charge on any atom is -0.452 e. The number of carbonyl (C=O) groups excluding carboxylic acids is 2. The van der Waals surface area contributed by atoms with Gasteiger partial charge in [0.15, 0.2) is 6.61 Å². The van der Waals surface area contributed by atoms with Gasteiger partial charge in [-0.3, -0.25) is 14.9 Å².